The lowest BCUT2D eigenvalue weighted by Gasteiger charge is -2.14. The summed E-state index contributed by atoms with van der Waals surface area (Å²) in [4.78, 5) is 12.0. The van der Waals surface area contributed by atoms with Crippen LogP contribution in [-0.4, -0.2) is 12.5 Å². The van der Waals surface area contributed by atoms with Crippen LogP contribution in [0.5, 0.6) is 0 Å². The average molecular weight is 412 g/mol. The van der Waals surface area contributed by atoms with E-state index in [2.05, 4.69) is 42.5 Å². The molecule has 1 amide bonds. The molecule has 21 heavy (non-hydrogen) atoms. The monoisotopic (exact) mass is 410 g/mol. The van der Waals surface area contributed by atoms with Crippen LogP contribution in [0.4, 0.5) is 5.69 Å². The minimum atomic E-state index is -0.0640. The molecule has 0 saturated carbocycles. The molecule has 110 valence electrons. The normalized spacial score (nSPS) is 12.0. The molecule has 0 aliphatic rings. The van der Waals surface area contributed by atoms with Gasteiger partial charge >= 0.3 is 0 Å². The van der Waals surface area contributed by atoms with Gasteiger partial charge < -0.3 is 10.6 Å². The van der Waals surface area contributed by atoms with Crippen LogP contribution in [-0.2, 0) is 4.79 Å². The van der Waals surface area contributed by atoms with Crippen molar-refractivity contribution in [2.24, 2.45) is 0 Å². The van der Waals surface area contributed by atoms with E-state index in [1.165, 1.54) is 0 Å². The van der Waals surface area contributed by atoms with Gasteiger partial charge in [0.2, 0.25) is 5.91 Å². The SMILES string of the molecule is CC(NCC(=O)Nc1ccccc1Br)c1ccc(Br)cc1. The number of hydrogen-bond acceptors (Lipinski definition) is 2. The van der Waals surface area contributed by atoms with Crippen LogP contribution in [0, 0.1) is 0 Å². The minimum Gasteiger partial charge on any atom is -0.324 e. The summed E-state index contributed by atoms with van der Waals surface area (Å²) in [5.41, 5.74) is 1.92. The molecule has 2 aromatic rings. The van der Waals surface area contributed by atoms with E-state index in [0.29, 0.717) is 0 Å². The second-order valence-electron chi connectivity index (χ2n) is 4.68. The van der Waals surface area contributed by atoms with Crippen molar-refractivity contribution < 1.29 is 4.79 Å². The number of benzene rings is 2. The smallest absolute Gasteiger partial charge is 0.238 e. The molecule has 1 unspecified atom stereocenters. The quantitative estimate of drug-likeness (QED) is 0.760. The molecule has 2 N–H and O–H groups in total. The van der Waals surface area contributed by atoms with Gasteiger partial charge in [-0.3, -0.25) is 4.79 Å². The van der Waals surface area contributed by atoms with E-state index in [0.717, 1.165) is 20.2 Å². The maximum Gasteiger partial charge on any atom is 0.238 e. The van der Waals surface area contributed by atoms with Gasteiger partial charge in [-0.2, -0.15) is 0 Å². The number of halogens is 2. The van der Waals surface area contributed by atoms with Gasteiger partial charge in [0.05, 0.1) is 12.2 Å². The van der Waals surface area contributed by atoms with Crippen molar-refractivity contribution in [1.29, 1.82) is 0 Å². The van der Waals surface area contributed by atoms with E-state index in [4.69, 9.17) is 0 Å². The number of nitrogens with one attached hydrogen (secondary N) is 2. The molecule has 2 aromatic carbocycles. The van der Waals surface area contributed by atoms with Crippen LogP contribution in [0.2, 0.25) is 0 Å². The molecule has 0 radical (unpaired) electrons. The van der Waals surface area contributed by atoms with Crippen molar-refractivity contribution in [3.05, 3.63) is 63.0 Å². The minimum absolute atomic E-state index is 0.0640. The van der Waals surface area contributed by atoms with Crippen molar-refractivity contribution in [3.63, 3.8) is 0 Å². The largest absolute Gasteiger partial charge is 0.324 e. The molecular weight excluding hydrogens is 396 g/mol. The van der Waals surface area contributed by atoms with Gasteiger partial charge in [-0.15, -0.1) is 0 Å². The van der Waals surface area contributed by atoms with E-state index in [1.807, 2.05) is 55.5 Å². The van der Waals surface area contributed by atoms with E-state index in [9.17, 15) is 4.79 Å². The lowest BCUT2D eigenvalue weighted by atomic mass is 10.1. The fourth-order valence-corrected chi connectivity index (χ4v) is 2.52. The third-order valence-corrected chi connectivity index (χ3v) is 4.31. The van der Waals surface area contributed by atoms with Crippen molar-refractivity contribution in [3.8, 4) is 0 Å². The number of para-hydroxylation sites is 1. The number of rotatable bonds is 5. The van der Waals surface area contributed by atoms with Crippen molar-refractivity contribution in [1.82, 2.24) is 5.32 Å². The third-order valence-electron chi connectivity index (χ3n) is 3.09. The van der Waals surface area contributed by atoms with Gasteiger partial charge in [-0.25, -0.2) is 0 Å². The Bertz CT molecular complexity index is 614. The molecule has 0 fully saturated rings. The zero-order valence-electron chi connectivity index (χ0n) is 11.6. The van der Waals surface area contributed by atoms with Gasteiger partial charge in [0.15, 0.2) is 0 Å². The van der Waals surface area contributed by atoms with Crippen LogP contribution in [0.1, 0.15) is 18.5 Å². The molecule has 0 aliphatic heterocycles. The summed E-state index contributed by atoms with van der Waals surface area (Å²) in [5.74, 6) is -0.0640. The molecule has 2 rings (SSSR count). The topological polar surface area (TPSA) is 41.1 Å². The highest BCUT2D eigenvalue weighted by Gasteiger charge is 2.09. The lowest BCUT2D eigenvalue weighted by Crippen LogP contribution is -2.30. The number of carbonyl (C=O) groups is 1. The standard InChI is InChI=1S/C16H16Br2N2O/c1-11(12-6-8-13(17)9-7-12)19-10-16(21)20-15-5-3-2-4-14(15)18/h2-9,11,19H,10H2,1H3,(H,20,21). The molecule has 3 nitrogen and oxygen atoms in total. The number of amides is 1. The first kappa shape index (κ1) is 16.2. The maximum absolute atomic E-state index is 12.0. The number of hydrogen-bond donors (Lipinski definition) is 2. The Morgan fingerprint density at radius 3 is 2.43 bits per heavy atom. The highest BCUT2D eigenvalue weighted by atomic mass is 79.9. The zero-order valence-corrected chi connectivity index (χ0v) is 14.7. The average Bonchev–Trinajstić information content (AvgIpc) is 2.48. The molecule has 0 aromatic heterocycles. The summed E-state index contributed by atoms with van der Waals surface area (Å²) in [6.45, 7) is 2.30. The zero-order chi connectivity index (χ0) is 15.2. The fourth-order valence-electron chi connectivity index (χ4n) is 1.87. The second kappa shape index (κ2) is 7.73. The summed E-state index contributed by atoms with van der Waals surface area (Å²) in [6.07, 6.45) is 0. The molecule has 1 atom stereocenters. The predicted octanol–water partition coefficient (Wildman–Crippen LogP) is 4.50. The summed E-state index contributed by atoms with van der Waals surface area (Å²) in [7, 11) is 0. The molecule has 0 spiro atoms. The van der Waals surface area contributed by atoms with Gasteiger partial charge in [0, 0.05) is 15.0 Å². The van der Waals surface area contributed by atoms with E-state index in [-0.39, 0.29) is 18.5 Å². The van der Waals surface area contributed by atoms with Gasteiger partial charge in [0.1, 0.15) is 0 Å². The first-order valence-corrected chi connectivity index (χ1v) is 8.18. The van der Waals surface area contributed by atoms with E-state index >= 15 is 0 Å². The fraction of sp³-hybridized carbons (Fsp3) is 0.188. The Labute approximate surface area is 141 Å². The molecule has 0 saturated heterocycles. The first-order chi connectivity index (χ1) is 10.1. The summed E-state index contributed by atoms with van der Waals surface area (Å²) in [5, 5.41) is 6.09. The first-order valence-electron chi connectivity index (χ1n) is 6.59. The van der Waals surface area contributed by atoms with Crippen LogP contribution in [0.25, 0.3) is 0 Å². The van der Waals surface area contributed by atoms with Crippen molar-refractivity contribution in [2.45, 2.75) is 13.0 Å². The third kappa shape index (κ3) is 4.95. The van der Waals surface area contributed by atoms with E-state index in [1.54, 1.807) is 0 Å². The van der Waals surface area contributed by atoms with Crippen LogP contribution >= 0.6 is 31.9 Å². The number of anilines is 1. The highest BCUT2D eigenvalue weighted by molar-refractivity contribution is 9.10. The summed E-state index contributed by atoms with van der Waals surface area (Å²) >= 11 is 6.82. The van der Waals surface area contributed by atoms with Crippen LogP contribution in [0.3, 0.4) is 0 Å². The Morgan fingerprint density at radius 1 is 1.10 bits per heavy atom. The van der Waals surface area contributed by atoms with Gasteiger partial charge in [0.25, 0.3) is 0 Å². The van der Waals surface area contributed by atoms with Crippen molar-refractivity contribution in [2.75, 3.05) is 11.9 Å². The Hall–Kier alpha value is -1.17. The lowest BCUT2D eigenvalue weighted by molar-refractivity contribution is -0.115. The summed E-state index contributed by atoms with van der Waals surface area (Å²) in [6, 6.07) is 15.7. The molecule has 5 heteroatoms. The molecule has 0 aliphatic carbocycles. The second-order valence-corrected chi connectivity index (χ2v) is 6.45. The van der Waals surface area contributed by atoms with E-state index < -0.39 is 0 Å². The predicted molar refractivity (Wildman–Crippen MR) is 93.3 cm³/mol. The van der Waals surface area contributed by atoms with Gasteiger partial charge in [-0.05, 0) is 52.7 Å². The molecule has 0 bridgehead atoms. The molecule has 0 heterocycles. The Morgan fingerprint density at radius 2 is 1.76 bits per heavy atom. The van der Waals surface area contributed by atoms with Crippen LogP contribution < -0.4 is 10.6 Å². The highest BCUT2D eigenvalue weighted by Crippen LogP contribution is 2.21. The van der Waals surface area contributed by atoms with Crippen LogP contribution in [0.15, 0.2) is 57.5 Å². The Balaban J connectivity index is 1.86. The maximum atomic E-state index is 12.0. The van der Waals surface area contributed by atoms with Gasteiger partial charge in [-0.1, -0.05) is 40.2 Å². The Kier molecular flexibility index (Phi) is 5.96. The summed E-state index contributed by atoms with van der Waals surface area (Å²) < 4.78 is 1.92. The number of carbonyl (C=O) groups excluding carboxylic acids is 1. The van der Waals surface area contributed by atoms with Crippen molar-refractivity contribution >= 4 is 43.5 Å². The molecular formula is C16H16Br2N2O.